The number of phenolic OH excluding ortho intramolecular Hbond substituents is 4. The molecule has 3 aromatic rings. The van der Waals surface area contributed by atoms with Crippen LogP contribution in [0.15, 0.2) is 18.2 Å². The molecule has 0 spiro atoms. The van der Waals surface area contributed by atoms with Crippen molar-refractivity contribution < 1.29 is 93.9 Å². The van der Waals surface area contributed by atoms with E-state index in [1.165, 1.54) is 27.1 Å². The molecule has 0 aromatic heterocycles. The molecule has 2 aliphatic heterocycles. The fraction of sp³-hybridized carbons (Fsp3) is 0.450. The van der Waals surface area contributed by atoms with E-state index in [-0.39, 0.29) is 16.9 Å². The third-order valence-electron chi connectivity index (χ3n) is 11.5. The molecule has 2 aliphatic carbocycles. The molecule has 2 fully saturated rings. The van der Waals surface area contributed by atoms with Crippen molar-refractivity contribution in [2.24, 2.45) is 0 Å². The summed E-state index contributed by atoms with van der Waals surface area (Å²) in [5.41, 5.74) is -5.28. The fourth-order valence-electron chi connectivity index (χ4n) is 8.41. The number of carboxylic acid groups (broad SMARTS) is 1. The van der Waals surface area contributed by atoms with Crippen molar-refractivity contribution in [3.8, 4) is 39.9 Å². The number of aliphatic hydroxyl groups is 5. The van der Waals surface area contributed by atoms with Gasteiger partial charge in [0.05, 0.1) is 48.1 Å². The lowest BCUT2D eigenvalue weighted by molar-refractivity contribution is -0.339. The number of benzene rings is 3. The van der Waals surface area contributed by atoms with Crippen molar-refractivity contribution in [2.75, 3.05) is 20.8 Å². The second-order valence-electron chi connectivity index (χ2n) is 15.2. The number of ether oxygens (including phenoxy) is 5. The fourth-order valence-corrected chi connectivity index (χ4v) is 8.41. The topological polar surface area (TPSA) is 341 Å². The number of amides is 1. The zero-order valence-corrected chi connectivity index (χ0v) is 33.0. The van der Waals surface area contributed by atoms with Crippen LogP contribution in [0.5, 0.6) is 28.7 Å². The first kappa shape index (κ1) is 43.6. The molecule has 12 N–H and O–H groups in total. The second-order valence-corrected chi connectivity index (χ2v) is 15.2. The van der Waals surface area contributed by atoms with Crippen LogP contribution in [0.3, 0.4) is 0 Å². The lowest BCUT2D eigenvalue weighted by atomic mass is 9.73. The molecule has 2 saturated heterocycles. The Morgan fingerprint density at radius 2 is 1.51 bits per heavy atom. The number of carboxylic acids is 1. The number of methoxy groups -OCH3 is 1. The van der Waals surface area contributed by atoms with Gasteiger partial charge in [-0.25, -0.2) is 0 Å². The largest absolute Gasteiger partial charge is 0.507 e. The van der Waals surface area contributed by atoms with Crippen LogP contribution < -0.4 is 15.4 Å². The molecule has 61 heavy (non-hydrogen) atoms. The lowest BCUT2D eigenvalue weighted by Gasteiger charge is -2.47. The Morgan fingerprint density at radius 1 is 0.836 bits per heavy atom. The number of hydrogen-bond acceptors (Lipinski definition) is 19. The van der Waals surface area contributed by atoms with Gasteiger partial charge in [0.15, 0.2) is 18.4 Å². The van der Waals surface area contributed by atoms with E-state index >= 15 is 0 Å². The Labute approximate surface area is 345 Å². The molecular weight excluding hydrogens is 812 g/mol. The van der Waals surface area contributed by atoms with Crippen molar-refractivity contribution in [1.29, 1.82) is 0 Å². The molecule has 328 valence electrons. The summed E-state index contributed by atoms with van der Waals surface area (Å²) in [5.74, 6) is -8.64. The number of nitrogens with one attached hydrogen (secondary N) is 2. The Bertz CT molecular complexity index is 2330. The monoisotopic (exact) mass is 856 g/mol. The van der Waals surface area contributed by atoms with E-state index in [1.807, 2.05) is 0 Å². The normalized spacial score (nSPS) is 29.8. The van der Waals surface area contributed by atoms with Crippen molar-refractivity contribution >= 4 is 23.4 Å². The highest BCUT2D eigenvalue weighted by atomic mass is 16.7. The van der Waals surface area contributed by atoms with E-state index in [1.54, 1.807) is 6.92 Å². The summed E-state index contributed by atoms with van der Waals surface area (Å²) in [6.45, 7) is 3.62. The maximum atomic E-state index is 14.1. The van der Waals surface area contributed by atoms with Crippen LogP contribution in [0.25, 0.3) is 11.1 Å². The van der Waals surface area contributed by atoms with Crippen molar-refractivity contribution in [3.63, 3.8) is 0 Å². The molecule has 3 aromatic carbocycles. The minimum atomic E-state index is -2.15. The number of carbonyl (C=O) groups excluding carboxylic acids is 3. The first-order valence-electron chi connectivity index (χ1n) is 18.9. The molecule has 1 amide bonds. The summed E-state index contributed by atoms with van der Waals surface area (Å²) in [6.07, 6.45) is -16.3. The van der Waals surface area contributed by atoms with Crippen LogP contribution in [0.4, 0.5) is 0 Å². The minimum Gasteiger partial charge on any atom is -0.507 e. The summed E-state index contributed by atoms with van der Waals surface area (Å²) in [6, 6.07) is 1.07. The summed E-state index contributed by atoms with van der Waals surface area (Å²) in [4.78, 5) is 53.4. The first-order valence-corrected chi connectivity index (χ1v) is 18.9. The van der Waals surface area contributed by atoms with E-state index in [0.717, 1.165) is 19.1 Å². The van der Waals surface area contributed by atoms with Crippen molar-refractivity contribution in [1.82, 2.24) is 10.6 Å². The minimum absolute atomic E-state index is 0.0286. The zero-order chi connectivity index (χ0) is 44.7. The number of rotatable bonds is 9. The van der Waals surface area contributed by atoms with Crippen LogP contribution >= 0.6 is 0 Å². The second kappa shape index (κ2) is 16.1. The Kier molecular flexibility index (Phi) is 11.5. The maximum Gasteiger partial charge on any atom is 0.325 e. The zero-order valence-electron chi connectivity index (χ0n) is 33.0. The van der Waals surface area contributed by atoms with Gasteiger partial charge in [-0.05, 0) is 45.0 Å². The van der Waals surface area contributed by atoms with Gasteiger partial charge in [-0.1, -0.05) is 6.07 Å². The van der Waals surface area contributed by atoms with Gasteiger partial charge in [-0.2, -0.15) is 0 Å². The Balaban J connectivity index is 1.39. The van der Waals surface area contributed by atoms with Gasteiger partial charge >= 0.3 is 5.97 Å². The predicted molar refractivity (Wildman–Crippen MR) is 202 cm³/mol. The lowest BCUT2D eigenvalue weighted by Crippen LogP contribution is -2.65. The molecule has 0 unspecified atom stereocenters. The summed E-state index contributed by atoms with van der Waals surface area (Å²) >= 11 is 0. The van der Waals surface area contributed by atoms with Crippen LogP contribution in [-0.2, 0) is 23.7 Å². The molecule has 0 radical (unpaired) electrons. The molecule has 7 rings (SSSR count). The van der Waals surface area contributed by atoms with E-state index in [9.17, 15) is 70.2 Å². The molecule has 21 nitrogen and oxygen atoms in total. The van der Waals surface area contributed by atoms with Gasteiger partial charge in [0.1, 0.15) is 77.5 Å². The third kappa shape index (κ3) is 6.92. The van der Waals surface area contributed by atoms with E-state index < -0.39 is 171 Å². The molecule has 4 aliphatic rings. The average Bonchev–Trinajstić information content (AvgIpc) is 3.20. The quantitative estimate of drug-likeness (QED) is 0.0907. The van der Waals surface area contributed by atoms with Crippen molar-refractivity contribution in [2.45, 2.75) is 94.3 Å². The van der Waals surface area contributed by atoms with Gasteiger partial charge in [0.2, 0.25) is 5.78 Å². The molecule has 0 saturated carbocycles. The molecule has 21 heteroatoms. The molecule has 2 heterocycles. The smallest absolute Gasteiger partial charge is 0.325 e. The van der Waals surface area contributed by atoms with Crippen LogP contribution in [0.2, 0.25) is 0 Å². The maximum absolute atomic E-state index is 14.1. The van der Waals surface area contributed by atoms with Crippen LogP contribution in [0.1, 0.15) is 84.9 Å². The number of fused-ring (bicyclic) bond motifs is 5. The number of aliphatic carboxylic acids is 1. The Hall–Kier alpha value is -5.46. The summed E-state index contributed by atoms with van der Waals surface area (Å²) in [5, 5.41) is 116. The van der Waals surface area contributed by atoms with E-state index in [4.69, 9.17) is 23.7 Å². The average molecular weight is 857 g/mol. The SMILES string of the molecule is CN[C@@H]1[C@H](O[C@@H]2OC[C@@H](O)[C@H](O)[C@H]2O)[C@@H](O)[C@H](O[C@H]2c3cc(C)c(C(=O)N[C@H](C)C(=O)O)c(O)c3-c3c(O)c4c(c(O)c3[C@@H]2O)C(=O)c2c(O)cc(OC)cc2C4=O)O[C@@H]1C. The predicted octanol–water partition coefficient (Wildman–Crippen LogP) is -0.906. The number of aliphatic hydroxyl groups excluding tert-OH is 5. The highest BCUT2D eigenvalue weighted by Gasteiger charge is 2.52. The molecular formula is C40H44N2O19. The van der Waals surface area contributed by atoms with Gasteiger partial charge in [0.25, 0.3) is 5.91 Å². The van der Waals surface area contributed by atoms with Gasteiger partial charge in [0, 0.05) is 28.3 Å². The number of hydrogen-bond donors (Lipinski definition) is 12. The highest BCUT2D eigenvalue weighted by Crippen LogP contribution is 2.60. The third-order valence-corrected chi connectivity index (χ3v) is 11.5. The van der Waals surface area contributed by atoms with Gasteiger partial charge in [-0.3, -0.25) is 19.2 Å². The molecule has 12 atom stereocenters. The summed E-state index contributed by atoms with van der Waals surface area (Å²) in [7, 11) is 2.74. The van der Waals surface area contributed by atoms with Crippen molar-refractivity contribution in [3.05, 3.63) is 62.7 Å². The summed E-state index contributed by atoms with van der Waals surface area (Å²) < 4.78 is 28.8. The van der Waals surface area contributed by atoms with E-state index in [0.29, 0.717) is 0 Å². The molecule has 0 bridgehead atoms. The van der Waals surface area contributed by atoms with Crippen LogP contribution in [-0.4, -0.2) is 157 Å². The Morgan fingerprint density at radius 3 is 2.15 bits per heavy atom. The number of ketones is 2. The number of aryl methyl sites for hydroxylation is 1. The number of aromatic hydroxyl groups is 4. The van der Waals surface area contributed by atoms with Gasteiger partial charge < -0.3 is 85.4 Å². The first-order chi connectivity index (χ1) is 28.7. The number of likely N-dealkylation sites (N-methyl/N-ethyl adjacent to an activating group) is 1. The van der Waals surface area contributed by atoms with Gasteiger partial charge in [-0.15, -0.1) is 0 Å². The number of phenols is 4. The van der Waals surface area contributed by atoms with Crippen LogP contribution in [0, 0.1) is 6.92 Å². The standard InChI is InChI=1S/C40H44N2O19/c1-10-6-15-20(28(47)18(10)37(54)42-11(2)38(55)56)21-22(31(50)24-23(30(21)49)26(45)14-7-13(57-5)8-16(43)19(14)29(24)48)32(51)35(15)60-40-34(53)36(25(41-4)12(3)59-40)61-39-33(52)27(46)17(44)9-58-39/h6-8,11-12,17,25,27,32-36,39-41,43-44,46-47,49-53H,9H2,1-5H3,(H,42,54)(H,55,56)/t11-,12-,17-,25+,27+,32+,33-,34-,35+,36+,39+,40+/m1/s1. The number of carbonyl (C=O) groups is 4. The highest BCUT2D eigenvalue weighted by molar-refractivity contribution is 6.32. The van der Waals surface area contributed by atoms with E-state index in [2.05, 4.69) is 10.6 Å².